The van der Waals surface area contributed by atoms with Crippen molar-refractivity contribution < 1.29 is 24.2 Å². The van der Waals surface area contributed by atoms with Gasteiger partial charge in [-0.2, -0.15) is 4.68 Å². The lowest BCUT2D eigenvalue weighted by Gasteiger charge is -2.26. The van der Waals surface area contributed by atoms with Crippen molar-refractivity contribution in [3.63, 3.8) is 0 Å². The van der Waals surface area contributed by atoms with Crippen molar-refractivity contribution >= 4 is 17.9 Å². The number of anilines is 1. The van der Waals surface area contributed by atoms with Crippen LogP contribution in [0.15, 0.2) is 59.8 Å². The summed E-state index contributed by atoms with van der Waals surface area (Å²) in [6.45, 7) is 3.68. The average molecular weight is 421 g/mol. The van der Waals surface area contributed by atoms with Gasteiger partial charge in [0.05, 0.1) is 17.7 Å². The molecule has 10 nitrogen and oxygen atoms in total. The van der Waals surface area contributed by atoms with Gasteiger partial charge < -0.3 is 19.9 Å². The number of nitrogens with zero attached hydrogens (tertiary/aromatic N) is 4. The van der Waals surface area contributed by atoms with E-state index in [2.05, 4.69) is 20.8 Å². The molecule has 0 bridgehead atoms. The highest BCUT2D eigenvalue weighted by atomic mass is 16.5. The van der Waals surface area contributed by atoms with Crippen molar-refractivity contribution in [1.29, 1.82) is 0 Å². The van der Waals surface area contributed by atoms with Crippen molar-refractivity contribution in [2.75, 3.05) is 11.9 Å². The van der Waals surface area contributed by atoms with E-state index in [1.54, 1.807) is 62.4 Å². The van der Waals surface area contributed by atoms with Gasteiger partial charge in [-0.3, -0.25) is 0 Å². The number of carboxylic acid groups (broad SMARTS) is 1. The molecule has 158 valence electrons. The van der Waals surface area contributed by atoms with Crippen molar-refractivity contribution in [3.8, 4) is 11.5 Å². The number of hydrogen-bond acceptors (Lipinski definition) is 8. The van der Waals surface area contributed by atoms with Crippen LogP contribution in [0.4, 0.5) is 5.95 Å². The maximum absolute atomic E-state index is 12.0. The third kappa shape index (κ3) is 3.95. The summed E-state index contributed by atoms with van der Waals surface area (Å²) in [6, 6.07) is 12.9. The Bertz CT molecular complexity index is 1190. The van der Waals surface area contributed by atoms with Gasteiger partial charge in [-0.15, -0.1) is 0 Å². The molecule has 0 aliphatic carbocycles. The number of carbonyl (C=O) groups excluding carboxylic acids is 1. The number of carbonyl (C=O) groups is 2. The lowest BCUT2D eigenvalue weighted by atomic mass is 9.96. The van der Waals surface area contributed by atoms with Crippen molar-refractivity contribution in [1.82, 2.24) is 20.2 Å². The molecule has 2 aromatic carbocycles. The number of tetrazole rings is 1. The Hall–Kier alpha value is -4.21. The Labute approximate surface area is 177 Å². The van der Waals surface area contributed by atoms with Crippen LogP contribution >= 0.6 is 0 Å². The van der Waals surface area contributed by atoms with Crippen LogP contribution in [0.1, 0.15) is 35.8 Å². The number of rotatable bonds is 6. The minimum absolute atomic E-state index is 0.126. The molecule has 10 heteroatoms. The van der Waals surface area contributed by atoms with Crippen LogP contribution in [-0.4, -0.2) is 43.9 Å². The maximum Gasteiger partial charge on any atom is 0.338 e. The van der Waals surface area contributed by atoms with E-state index in [9.17, 15) is 14.7 Å². The van der Waals surface area contributed by atoms with E-state index in [4.69, 9.17) is 9.47 Å². The van der Waals surface area contributed by atoms with Crippen molar-refractivity contribution in [2.24, 2.45) is 0 Å². The summed E-state index contributed by atoms with van der Waals surface area (Å²) in [6.07, 6.45) is 0. The molecule has 2 heterocycles. The minimum Gasteiger partial charge on any atom is -0.478 e. The fourth-order valence-corrected chi connectivity index (χ4v) is 3.38. The van der Waals surface area contributed by atoms with Gasteiger partial charge in [-0.05, 0) is 60.2 Å². The number of hydrogen-bond donors (Lipinski definition) is 2. The Balaban J connectivity index is 1.67. The van der Waals surface area contributed by atoms with Gasteiger partial charge in [0, 0.05) is 5.70 Å². The highest BCUT2D eigenvalue weighted by Gasteiger charge is 2.34. The predicted octanol–water partition coefficient (Wildman–Crippen LogP) is 3.02. The fraction of sp³-hybridized carbons (Fsp3) is 0.190. The summed E-state index contributed by atoms with van der Waals surface area (Å²) in [5.41, 5.74) is 1.58. The zero-order chi connectivity index (χ0) is 22.0. The summed E-state index contributed by atoms with van der Waals surface area (Å²) < 4.78 is 12.4. The lowest BCUT2D eigenvalue weighted by molar-refractivity contribution is -0.133. The monoisotopic (exact) mass is 421 g/mol. The number of ether oxygens (including phenoxy) is 2. The first-order valence-electron chi connectivity index (χ1n) is 9.52. The van der Waals surface area contributed by atoms with Crippen molar-refractivity contribution in [2.45, 2.75) is 19.9 Å². The zero-order valence-corrected chi connectivity index (χ0v) is 16.8. The molecule has 2 N–H and O–H groups in total. The molecule has 1 aliphatic heterocycles. The third-order valence-electron chi connectivity index (χ3n) is 4.70. The second-order valence-electron chi connectivity index (χ2n) is 6.74. The number of allylic oxidation sites excluding steroid dienone is 1. The second-order valence-corrected chi connectivity index (χ2v) is 6.74. The number of carboxylic acids is 1. The van der Waals surface area contributed by atoms with Crippen LogP contribution in [0.5, 0.6) is 11.5 Å². The first-order valence-corrected chi connectivity index (χ1v) is 9.52. The standard InChI is InChI=1S/C21H19N5O5/c1-3-30-20(29)14-7-5-9-16(11-14)31-15-8-4-6-13(10-15)18-17(19(27)28)12(2)22-21-23-24-25-26(18)21/h4-11,18H,3H2,1-2H3,(H,27,28)(H,22,23,25). The molecule has 1 unspecified atom stereocenters. The lowest BCUT2D eigenvalue weighted by Crippen LogP contribution is -2.28. The van der Waals surface area contributed by atoms with Crippen LogP contribution in [0.25, 0.3) is 0 Å². The van der Waals surface area contributed by atoms with Crippen LogP contribution < -0.4 is 10.1 Å². The summed E-state index contributed by atoms with van der Waals surface area (Å²) in [4.78, 5) is 23.9. The number of esters is 1. The van der Waals surface area contributed by atoms with E-state index in [0.717, 1.165) is 0 Å². The Kier molecular flexibility index (Phi) is 5.35. The van der Waals surface area contributed by atoms with Gasteiger partial charge >= 0.3 is 11.9 Å². The highest BCUT2D eigenvalue weighted by molar-refractivity contribution is 5.91. The molecule has 0 saturated heterocycles. The number of fused-ring (bicyclic) bond motifs is 1. The van der Waals surface area contributed by atoms with Crippen LogP contribution in [-0.2, 0) is 9.53 Å². The maximum atomic E-state index is 12.0. The number of aliphatic carboxylic acids is 1. The predicted molar refractivity (Wildman–Crippen MR) is 109 cm³/mol. The summed E-state index contributed by atoms with van der Waals surface area (Å²) in [5.74, 6) is -0.254. The first-order chi connectivity index (χ1) is 15.0. The molecule has 0 amide bonds. The molecule has 4 rings (SSSR count). The third-order valence-corrected chi connectivity index (χ3v) is 4.70. The second kappa shape index (κ2) is 8.27. The molecular weight excluding hydrogens is 402 g/mol. The molecule has 0 fully saturated rings. The summed E-state index contributed by atoms with van der Waals surface area (Å²) in [5, 5.41) is 24.2. The minimum atomic E-state index is -1.08. The van der Waals surface area contributed by atoms with Gasteiger partial charge in [0.25, 0.3) is 0 Å². The highest BCUT2D eigenvalue weighted by Crippen LogP contribution is 2.36. The zero-order valence-electron chi connectivity index (χ0n) is 16.8. The molecule has 0 saturated carbocycles. The quantitative estimate of drug-likeness (QED) is 0.577. The molecule has 3 aromatic rings. The van der Waals surface area contributed by atoms with E-state index in [1.165, 1.54) is 4.68 Å². The number of benzene rings is 2. The molecule has 1 atom stereocenters. The Morgan fingerprint density at radius 1 is 1.16 bits per heavy atom. The molecule has 31 heavy (non-hydrogen) atoms. The number of nitrogens with one attached hydrogen (secondary N) is 1. The first kappa shape index (κ1) is 20.1. The molecule has 1 aliphatic rings. The SMILES string of the molecule is CCOC(=O)c1cccc(Oc2cccc(C3C(C(=O)O)=C(C)Nc4nnnn43)c2)c1. The molecular formula is C21H19N5O5. The van der Waals surface area contributed by atoms with E-state index in [1.807, 2.05) is 0 Å². The van der Waals surface area contributed by atoms with Crippen molar-refractivity contribution in [3.05, 3.63) is 70.9 Å². The smallest absolute Gasteiger partial charge is 0.338 e. The normalized spacial score (nSPS) is 15.1. The molecule has 0 spiro atoms. The Morgan fingerprint density at radius 2 is 1.90 bits per heavy atom. The van der Waals surface area contributed by atoms with Gasteiger partial charge in [0.15, 0.2) is 0 Å². The van der Waals surface area contributed by atoms with Crippen LogP contribution in [0.3, 0.4) is 0 Å². The van der Waals surface area contributed by atoms with Gasteiger partial charge in [0.2, 0.25) is 5.95 Å². The van der Waals surface area contributed by atoms with Crippen LogP contribution in [0, 0.1) is 0 Å². The van der Waals surface area contributed by atoms with Gasteiger partial charge in [-0.1, -0.05) is 23.3 Å². The Morgan fingerprint density at radius 3 is 2.65 bits per heavy atom. The van der Waals surface area contributed by atoms with E-state index < -0.39 is 18.0 Å². The van der Waals surface area contributed by atoms with E-state index in [-0.39, 0.29) is 12.2 Å². The topological polar surface area (TPSA) is 128 Å². The number of aromatic nitrogens is 4. The summed E-state index contributed by atoms with van der Waals surface area (Å²) >= 11 is 0. The summed E-state index contributed by atoms with van der Waals surface area (Å²) in [7, 11) is 0. The van der Waals surface area contributed by atoms with E-state index in [0.29, 0.717) is 34.3 Å². The van der Waals surface area contributed by atoms with Gasteiger partial charge in [-0.25, -0.2) is 9.59 Å². The average Bonchev–Trinajstić information content (AvgIpc) is 3.21. The molecule has 1 aromatic heterocycles. The largest absolute Gasteiger partial charge is 0.478 e. The van der Waals surface area contributed by atoms with Crippen LogP contribution in [0.2, 0.25) is 0 Å². The molecule has 0 radical (unpaired) electrons. The fourth-order valence-electron chi connectivity index (χ4n) is 3.38. The van der Waals surface area contributed by atoms with E-state index >= 15 is 0 Å². The van der Waals surface area contributed by atoms with Gasteiger partial charge in [0.1, 0.15) is 17.5 Å².